The van der Waals surface area contributed by atoms with Crippen LogP contribution in [0.2, 0.25) is 0 Å². The number of amides is 11. The van der Waals surface area contributed by atoms with Crippen LogP contribution in [0.4, 0.5) is 0 Å². The second kappa shape index (κ2) is 38.4. The number of primary amides is 1. The van der Waals surface area contributed by atoms with Crippen molar-refractivity contribution >= 4 is 89.5 Å². The van der Waals surface area contributed by atoms with Gasteiger partial charge in [-0.1, -0.05) is 75.8 Å². The van der Waals surface area contributed by atoms with Gasteiger partial charge in [-0.05, 0) is 129 Å². The number of aliphatic carboxylic acids is 1. The molecule has 1 aromatic carbocycles. The molecule has 0 unspecified atom stereocenters. The number of carboxylic acids is 1. The Kier molecular flexibility index (Phi) is 32.1. The van der Waals surface area contributed by atoms with Crippen LogP contribution in [-0.4, -0.2) is 188 Å². The summed E-state index contributed by atoms with van der Waals surface area (Å²) in [6, 6.07) is -2.74. The Balaban J connectivity index is 1.58. The lowest BCUT2D eigenvalue weighted by atomic mass is 9.87. The third-order valence-corrected chi connectivity index (χ3v) is 17.4. The second-order valence-electron chi connectivity index (χ2n) is 24.0. The minimum Gasteiger partial charge on any atom is -0.481 e. The normalized spacial score (nSPS) is 18.2. The van der Waals surface area contributed by atoms with E-state index in [0.717, 1.165) is 44.1 Å². The number of hydrogen-bond donors (Lipinski definition) is 14. The van der Waals surface area contributed by atoms with Crippen molar-refractivity contribution in [3.05, 3.63) is 35.9 Å². The summed E-state index contributed by atoms with van der Waals surface area (Å²) in [5.41, 5.74) is 35.3. The summed E-state index contributed by atoms with van der Waals surface area (Å²) in [4.78, 5) is 173. The molecule has 19 N–H and O–H groups in total. The molecule has 508 valence electrons. The Morgan fingerprint density at radius 1 is 0.648 bits per heavy atom. The van der Waals surface area contributed by atoms with Gasteiger partial charge in [0, 0.05) is 31.6 Å². The number of aliphatic imine (C=N–C) groups is 1. The van der Waals surface area contributed by atoms with Crippen LogP contribution in [-0.2, 0) is 64.0 Å². The Bertz CT molecular complexity index is 2660. The predicted molar refractivity (Wildman–Crippen MR) is 342 cm³/mol. The minimum atomic E-state index is -2.17. The molecule has 2 saturated carbocycles. The molecule has 9 atom stereocenters. The van der Waals surface area contributed by atoms with Crippen LogP contribution in [0.25, 0.3) is 0 Å². The lowest BCUT2D eigenvalue weighted by Gasteiger charge is -2.48. The molecule has 1 aromatic rings. The number of guanidine groups is 1. The Morgan fingerprint density at radius 3 is 1.75 bits per heavy atom. The second-order valence-corrected chi connectivity index (χ2v) is 24.7. The van der Waals surface area contributed by atoms with Gasteiger partial charge in [0.05, 0.1) is 18.9 Å². The van der Waals surface area contributed by atoms with E-state index in [1.54, 1.807) is 29.2 Å². The van der Waals surface area contributed by atoms with Crippen LogP contribution >= 0.6 is 12.6 Å². The fraction of sp³-hybridized carbons (Fsp3) is 0.689. The van der Waals surface area contributed by atoms with Crippen LogP contribution < -0.4 is 66.3 Å². The maximum Gasteiger partial charge on any atom is 0.305 e. The number of hydrogen-bond acceptors (Lipinski definition) is 17. The Labute approximate surface area is 538 Å². The lowest BCUT2D eigenvalue weighted by molar-refractivity contribution is -0.162. The third-order valence-electron chi connectivity index (χ3n) is 16.8. The first-order valence-electron chi connectivity index (χ1n) is 32.1. The molecule has 0 aromatic heterocycles. The van der Waals surface area contributed by atoms with Gasteiger partial charge in [-0.2, -0.15) is 0 Å². The highest BCUT2D eigenvalue weighted by Crippen LogP contribution is 2.38. The largest absolute Gasteiger partial charge is 0.481 e. The first-order chi connectivity index (χ1) is 43.3. The zero-order valence-corrected chi connectivity index (χ0v) is 53.9. The van der Waals surface area contributed by atoms with E-state index >= 15 is 9.59 Å². The molecule has 0 radical (unpaired) electrons. The van der Waals surface area contributed by atoms with Crippen molar-refractivity contribution in [3.63, 3.8) is 0 Å². The number of carbonyl (C=O) groups is 12. The van der Waals surface area contributed by atoms with E-state index in [1.165, 1.54) is 25.7 Å². The summed E-state index contributed by atoms with van der Waals surface area (Å²) in [6.07, 6.45) is 7.60. The van der Waals surface area contributed by atoms with Crippen LogP contribution in [0.5, 0.6) is 0 Å². The summed E-state index contributed by atoms with van der Waals surface area (Å²) in [5, 5.41) is 25.4. The number of benzene rings is 1. The lowest BCUT2D eigenvalue weighted by Crippen LogP contribution is -2.66. The molecular formula is C61H100N16O13S. The number of unbranched alkanes of at least 4 members (excludes halogenated alkanes) is 2. The predicted octanol–water partition coefficient (Wildman–Crippen LogP) is -0.957. The Morgan fingerprint density at radius 2 is 1.19 bits per heavy atom. The summed E-state index contributed by atoms with van der Waals surface area (Å²) in [5.74, 6) is -11.6. The molecule has 30 heteroatoms. The molecule has 1 heterocycles. The molecule has 0 bridgehead atoms. The van der Waals surface area contributed by atoms with Crippen molar-refractivity contribution < 1.29 is 62.6 Å². The molecule has 3 fully saturated rings. The number of rotatable bonds is 37. The highest BCUT2D eigenvalue weighted by atomic mass is 32.1. The molecule has 29 nitrogen and oxygen atoms in total. The molecular weight excluding hydrogens is 1200 g/mol. The SMILES string of the molecule is CCC(=O)N(C(=O)[C@H](CC(=O)O)NC(=O)[C@H](CC(N)=O)NC(=O)[C@@H]1CCCN1C(=O)[C@H](CCCCN)NC(=O)[C@H](CCCN=C(N)N)NC(=O)[C@H](C)NC(=O)[C@H](C)NC(=O)[C@@H](N)Cc1ccccc1)[C@@](S)(CCCCN)C(=O)N(C1CCCCC1)C1CCCCC1. The Hall–Kier alpha value is -7.44. The zero-order valence-electron chi connectivity index (χ0n) is 53.0. The van der Waals surface area contributed by atoms with Crippen LogP contribution in [0.3, 0.4) is 0 Å². The van der Waals surface area contributed by atoms with Gasteiger partial charge >= 0.3 is 5.97 Å². The zero-order chi connectivity index (χ0) is 67.4. The van der Waals surface area contributed by atoms with Gasteiger partial charge in [0.1, 0.15) is 42.3 Å². The van der Waals surface area contributed by atoms with Crippen LogP contribution in [0.15, 0.2) is 35.3 Å². The quantitative estimate of drug-likeness (QED) is 0.0125. The van der Waals surface area contributed by atoms with Gasteiger partial charge in [0.2, 0.25) is 53.2 Å². The van der Waals surface area contributed by atoms with E-state index < -0.39 is 137 Å². The van der Waals surface area contributed by atoms with Crippen molar-refractivity contribution in [1.29, 1.82) is 0 Å². The van der Waals surface area contributed by atoms with Gasteiger partial charge in [-0.15, -0.1) is 12.6 Å². The minimum absolute atomic E-state index is 0.000979. The molecule has 91 heavy (non-hydrogen) atoms. The number of nitrogens with two attached hydrogens (primary N) is 6. The summed E-state index contributed by atoms with van der Waals surface area (Å²) >= 11 is 4.98. The maximum absolute atomic E-state index is 15.4. The molecule has 0 spiro atoms. The fourth-order valence-electron chi connectivity index (χ4n) is 11.9. The van der Waals surface area contributed by atoms with Gasteiger partial charge in [-0.25, -0.2) is 0 Å². The number of likely N-dealkylation sites (tertiary alicyclic amines) is 1. The third kappa shape index (κ3) is 23.6. The molecule has 4 rings (SSSR count). The van der Waals surface area contributed by atoms with Gasteiger partial charge in [-0.3, -0.25) is 67.4 Å². The molecule has 11 amide bonds. The van der Waals surface area contributed by atoms with Gasteiger partial charge in [0.25, 0.3) is 11.8 Å². The van der Waals surface area contributed by atoms with E-state index in [9.17, 15) is 53.1 Å². The molecule has 1 saturated heterocycles. The van der Waals surface area contributed by atoms with E-state index in [1.807, 2.05) is 6.07 Å². The number of nitrogens with one attached hydrogen (secondary N) is 6. The number of imide groups is 1. The smallest absolute Gasteiger partial charge is 0.305 e. The average molecular weight is 1300 g/mol. The number of carbonyl (C=O) groups excluding carboxylic acids is 11. The molecule has 3 aliphatic rings. The first-order valence-corrected chi connectivity index (χ1v) is 32.5. The fourth-order valence-corrected chi connectivity index (χ4v) is 12.4. The van der Waals surface area contributed by atoms with E-state index in [4.69, 9.17) is 47.0 Å². The molecule has 1 aliphatic heterocycles. The van der Waals surface area contributed by atoms with Crippen molar-refractivity contribution in [2.24, 2.45) is 39.4 Å². The highest BCUT2D eigenvalue weighted by molar-refractivity contribution is 7.82. The first kappa shape index (κ1) is 76.0. The summed E-state index contributed by atoms with van der Waals surface area (Å²) in [6.45, 7) is 4.66. The van der Waals surface area contributed by atoms with Crippen molar-refractivity contribution in [2.45, 2.75) is 240 Å². The maximum atomic E-state index is 15.4. The van der Waals surface area contributed by atoms with Crippen molar-refractivity contribution in [2.75, 3.05) is 26.2 Å². The number of carboxylic acid groups (broad SMARTS) is 1. The standard InChI is InChI=1S/C61H100N16O13S/c1-4-49(79)77(61(91,29-15-17-31-63)59(90)76(40-22-10-6-11-23-40)41-24-12-7-13-25-41)58(89)46(36-50(80)81)74-55(86)45(35-48(65)78)73-56(87)47-28-19-33-75(47)57(88)44(26-14-16-30-62)72-54(85)43(27-18-32-68-60(66)67)71-52(83)38(3)69-51(82)37(2)70-53(84)42(64)34-39-20-8-5-9-21-39/h5,8-9,20-21,37-38,40-47,91H,4,6-7,10-19,22-36,62-64H2,1-3H3,(H2,65,78)(H,69,82)(H,70,84)(H,71,83)(H,72,85)(H,73,87)(H,74,86)(H,80,81)(H4,66,67,68)/t37-,38-,42-,43-,44-,45-,46-,47-,61+/m0/s1. The van der Waals surface area contributed by atoms with E-state index in [0.29, 0.717) is 49.8 Å². The summed E-state index contributed by atoms with van der Waals surface area (Å²) < 4.78 is 0. The van der Waals surface area contributed by atoms with Crippen molar-refractivity contribution in [1.82, 2.24) is 46.6 Å². The number of nitrogens with zero attached hydrogens (tertiary/aromatic N) is 4. The van der Waals surface area contributed by atoms with Crippen LogP contribution in [0.1, 0.15) is 174 Å². The monoisotopic (exact) mass is 1300 g/mol. The van der Waals surface area contributed by atoms with Crippen molar-refractivity contribution in [3.8, 4) is 0 Å². The van der Waals surface area contributed by atoms with Gasteiger partial charge < -0.3 is 81.2 Å². The summed E-state index contributed by atoms with van der Waals surface area (Å²) in [7, 11) is 0. The number of thiol groups is 1. The van der Waals surface area contributed by atoms with Crippen LogP contribution in [0, 0.1) is 0 Å². The molecule has 2 aliphatic carbocycles. The van der Waals surface area contributed by atoms with Gasteiger partial charge in [0.15, 0.2) is 10.8 Å². The highest BCUT2D eigenvalue weighted by Gasteiger charge is 2.52. The topological polar surface area (TPSA) is 475 Å². The average Bonchev–Trinajstić information content (AvgIpc) is 1.19. The van der Waals surface area contributed by atoms with E-state index in [2.05, 4.69) is 36.9 Å². The van der Waals surface area contributed by atoms with E-state index in [-0.39, 0.29) is 102 Å².